The number of hydrogen-bond donors (Lipinski definition) is 2. The number of rotatable bonds is 10. The van der Waals surface area contributed by atoms with E-state index < -0.39 is 11.5 Å². The Hall–Kier alpha value is -5.47. The van der Waals surface area contributed by atoms with Crippen molar-refractivity contribution in [3.8, 4) is 11.8 Å². The van der Waals surface area contributed by atoms with Gasteiger partial charge in [-0.3, -0.25) is 14.6 Å². The minimum Gasteiger partial charge on any atom is -0.378 e. The Balaban J connectivity index is 1.52. The van der Waals surface area contributed by atoms with Crippen LogP contribution in [0.2, 0.25) is 0 Å². The van der Waals surface area contributed by atoms with Crippen LogP contribution in [-0.2, 0) is 23.1 Å². The summed E-state index contributed by atoms with van der Waals surface area (Å²) in [6.45, 7) is 7.37. The molecule has 0 bridgehead atoms. The predicted octanol–water partition coefficient (Wildman–Crippen LogP) is 4.03. The van der Waals surface area contributed by atoms with Crippen LogP contribution in [0, 0.1) is 18.3 Å². The number of nitriles is 1. The molecule has 2 unspecified atom stereocenters. The second kappa shape index (κ2) is 14.4. The lowest BCUT2D eigenvalue weighted by Crippen LogP contribution is -2.42. The third-order valence-corrected chi connectivity index (χ3v) is 10.3. The van der Waals surface area contributed by atoms with E-state index >= 15 is 0 Å². The second-order valence-electron chi connectivity index (χ2n) is 14.0. The largest absolute Gasteiger partial charge is 0.378 e. The molecule has 11 heteroatoms. The molecule has 1 aliphatic carbocycles. The summed E-state index contributed by atoms with van der Waals surface area (Å²) in [6.07, 6.45) is 3.31. The van der Waals surface area contributed by atoms with Crippen molar-refractivity contribution in [2.24, 2.45) is 0 Å². The van der Waals surface area contributed by atoms with Crippen LogP contribution in [0.5, 0.6) is 0 Å². The van der Waals surface area contributed by atoms with Gasteiger partial charge in [0.05, 0.1) is 23.7 Å². The van der Waals surface area contributed by atoms with Crippen molar-refractivity contribution in [3.05, 3.63) is 122 Å². The molecule has 6 rings (SSSR count). The van der Waals surface area contributed by atoms with Crippen molar-refractivity contribution in [1.29, 1.82) is 5.26 Å². The van der Waals surface area contributed by atoms with Gasteiger partial charge in [-0.2, -0.15) is 9.94 Å². The van der Waals surface area contributed by atoms with E-state index in [0.717, 1.165) is 45.5 Å². The Morgan fingerprint density at radius 3 is 2.27 bits per heavy atom. The van der Waals surface area contributed by atoms with Gasteiger partial charge in [-0.15, -0.1) is 5.10 Å². The first-order valence-electron chi connectivity index (χ1n) is 17.5. The van der Waals surface area contributed by atoms with Crippen molar-refractivity contribution in [1.82, 2.24) is 34.8 Å². The van der Waals surface area contributed by atoms with Crippen LogP contribution in [0.3, 0.4) is 0 Å². The van der Waals surface area contributed by atoms with Crippen LogP contribution in [0.1, 0.15) is 68.8 Å². The fourth-order valence-corrected chi connectivity index (χ4v) is 7.47. The Kier molecular flexibility index (Phi) is 9.99. The van der Waals surface area contributed by atoms with Gasteiger partial charge >= 0.3 is 5.69 Å². The number of benzene rings is 3. The maximum atomic E-state index is 13.8. The number of carbonyl (C=O) groups is 2. The Morgan fingerprint density at radius 2 is 1.65 bits per heavy atom. The van der Waals surface area contributed by atoms with Crippen molar-refractivity contribution in [2.75, 3.05) is 47.8 Å². The highest BCUT2D eigenvalue weighted by Crippen LogP contribution is 2.46. The van der Waals surface area contributed by atoms with Crippen molar-refractivity contribution < 1.29 is 9.59 Å². The molecule has 2 aliphatic rings. The van der Waals surface area contributed by atoms with Gasteiger partial charge in [0.15, 0.2) is 0 Å². The van der Waals surface area contributed by atoms with Crippen LogP contribution >= 0.6 is 0 Å². The lowest BCUT2D eigenvalue weighted by molar-refractivity contribution is -0.130. The number of H-pyrrole nitrogens is 1. The minimum atomic E-state index is -0.965. The van der Waals surface area contributed by atoms with E-state index in [2.05, 4.69) is 41.1 Å². The average Bonchev–Trinajstić information content (AvgIpc) is 3.74. The molecule has 1 saturated heterocycles. The molecule has 0 radical (unpaired) electrons. The molecular formula is C40H46N8O3. The molecule has 2 heterocycles. The smallest absolute Gasteiger partial charge is 0.348 e. The van der Waals surface area contributed by atoms with Crippen molar-refractivity contribution >= 4 is 17.5 Å². The topological polar surface area (TPSA) is 130 Å². The van der Waals surface area contributed by atoms with E-state index in [4.69, 9.17) is 5.10 Å². The normalized spacial score (nSPS) is 18.0. The van der Waals surface area contributed by atoms with E-state index in [1.54, 1.807) is 23.9 Å². The summed E-state index contributed by atoms with van der Waals surface area (Å²) < 4.78 is 1.40. The summed E-state index contributed by atoms with van der Waals surface area (Å²) >= 11 is 0. The number of hydrogen-bond acceptors (Lipinski definition) is 7. The highest BCUT2D eigenvalue weighted by molar-refractivity contribution is 5.94. The second-order valence-corrected chi connectivity index (χ2v) is 14.0. The standard InChI is InChI=1S/C40H46N8O3/c1-26-9-15-32(16-10-26)48-39(51)43-38(44-48)40(19-20-42-25-36(49)47-21-7-8-33(47)24-41)34-17-13-28(27(2)45(3)4)22-29(34)11-12-30-23-31(14-18-35(30)40)37(50)46(5)6/h9-10,13-18,22-23,33,42H,2,7-8,11-12,19-21,25H2,1,3-6H3,(H,43,44,51). The molecule has 1 aromatic heterocycles. The monoisotopic (exact) mass is 686 g/mol. The zero-order valence-electron chi connectivity index (χ0n) is 30.1. The molecule has 2 amide bonds. The summed E-state index contributed by atoms with van der Waals surface area (Å²) in [5.74, 6) is 0.274. The zero-order valence-corrected chi connectivity index (χ0v) is 30.1. The summed E-state index contributed by atoms with van der Waals surface area (Å²) in [6, 6.07) is 21.7. The van der Waals surface area contributed by atoms with Gasteiger partial charge in [-0.05, 0) is 104 Å². The van der Waals surface area contributed by atoms with Gasteiger partial charge in [0.25, 0.3) is 5.91 Å². The molecule has 0 saturated carbocycles. The van der Waals surface area contributed by atoms with Crippen LogP contribution in [0.4, 0.5) is 0 Å². The van der Waals surface area contributed by atoms with Gasteiger partial charge in [0.1, 0.15) is 11.9 Å². The Bertz CT molecular complexity index is 2000. The van der Waals surface area contributed by atoms with Gasteiger partial charge < -0.3 is 20.0 Å². The number of fused-ring (bicyclic) bond motifs is 2. The number of nitrogens with one attached hydrogen (secondary N) is 2. The molecule has 1 fully saturated rings. The number of nitrogens with zero attached hydrogens (tertiary/aromatic N) is 6. The fraction of sp³-hybridized carbons (Fsp3) is 0.375. The minimum absolute atomic E-state index is 0.0835. The lowest BCUT2D eigenvalue weighted by atomic mass is 9.69. The summed E-state index contributed by atoms with van der Waals surface area (Å²) in [5.41, 5.74) is 6.84. The van der Waals surface area contributed by atoms with E-state index in [-0.39, 0.29) is 24.0 Å². The van der Waals surface area contributed by atoms with Gasteiger partial charge in [-0.25, -0.2) is 4.79 Å². The first-order chi connectivity index (χ1) is 24.4. The number of amides is 2. The predicted molar refractivity (Wildman–Crippen MR) is 198 cm³/mol. The van der Waals surface area contributed by atoms with Crippen LogP contribution in [-0.4, -0.2) is 95.1 Å². The summed E-state index contributed by atoms with van der Waals surface area (Å²) in [7, 11) is 7.41. The molecule has 1 aliphatic heterocycles. The van der Waals surface area contributed by atoms with Crippen molar-refractivity contribution in [3.63, 3.8) is 0 Å². The maximum Gasteiger partial charge on any atom is 0.348 e. The highest BCUT2D eigenvalue weighted by Gasteiger charge is 2.44. The SMILES string of the molecule is C=C(c1ccc2c(c1)CCc1cc(C(=O)N(C)C)ccc1C2(CCNCC(=O)N1CCCC1C#N)c1nn(-c2ccc(C)cc2)c(=O)[nH]1)N(C)C. The van der Waals surface area contributed by atoms with Crippen molar-refractivity contribution in [2.45, 2.75) is 50.5 Å². The lowest BCUT2D eigenvalue weighted by Gasteiger charge is -2.35. The highest BCUT2D eigenvalue weighted by atomic mass is 16.2. The number of carbonyl (C=O) groups excluding carboxylic acids is 2. The first-order valence-corrected chi connectivity index (χ1v) is 17.5. The van der Waals surface area contributed by atoms with Crippen LogP contribution < -0.4 is 11.0 Å². The first kappa shape index (κ1) is 35.4. The number of aromatic nitrogens is 3. The Morgan fingerprint density at radius 1 is 1.00 bits per heavy atom. The summed E-state index contributed by atoms with van der Waals surface area (Å²) in [4.78, 5) is 48.5. The number of aryl methyl sites for hydroxylation is 3. The quantitative estimate of drug-likeness (QED) is 0.241. The molecule has 264 valence electrons. The molecule has 2 N–H and O–H groups in total. The molecule has 51 heavy (non-hydrogen) atoms. The number of aromatic amines is 1. The summed E-state index contributed by atoms with van der Waals surface area (Å²) in [5, 5.41) is 17.9. The molecule has 3 aromatic carbocycles. The fourth-order valence-electron chi connectivity index (χ4n) is 7.47. The Labute approximate surface area is 299 Å². The van der Waals surface area contributed by atoms with E-state index in [1.165, 1.54) is 4.68 Å². The van der Waals surface area contributed by atoms with E-state index in [0.29, 0.717) is 55.8 Å². The molecule has 4 aromatic rings. The third kappa shape index (κ3) is 6.71. The van der Waals surface area contributed by atoms with Gasteiger partial charge in [-0.1, -0.05) is 42.5 Å². The number of likely N-dealkylation sites (tertiary alicyclic amines) is 1. The molecule has 2 atom stereocenters. The van der Waals surface area contributed by atoms with E-state index in [9.17, 15) is 19.6 Å². The van der Waals surface area contributed by atoms with Crippen LogP contribution in [0.25, 0.3) is 11.4 Å². The maximum absolute atomic E-state index is 13.8. The zero-order chi connectivity index (χ0) is 36.4. The average molecular weight is 687 g/mol. The van der Waals surface area contributed by atoms with Gasteiger partial charge in [0, 0.05) is 46.0 Å². The molecular weight excluding hydrogens is 640 g/mol. The molecule has 0 spiro atoms. The third-order valence-electron chi connectivity index (χ3n) is 10.3. The van der Waals surface area contributed by atoms with Crippen LogP contribution in [0.15, 0.2) is 72.0 Å². The van der Waals surface area contributed by atoms with E-state index in [1.807, 2.05) is 68.4 Å². The molecule has 11 nitrogen and oxygen atoms in total. The van der Waals surface area contributed by atoms with Gasteiger partial charge in [0.2, 0.25) is 5.91 Å².